The van der Waals surface area contributed by atoms with Crippen molar-refractivity contribution < 1.29 is 8.42 Å². The van der Waals surface area contributed by atoms with E-state index in [4.69, 9.17) is 5.73 Å². The van der Waals surface area contributed by atoms with Crippen LogP contribution in [0.5, 0.6) is 0 Å². The predicted molar refractivity (Wildman–Crippen MR) is 47.1 cm³/mol. The quantitative estimate of drug-likeness (QED) is 0.679. The fraction of sp³-hybridized carbons (Fsp3) is 1.00. The average Bonchev–Trinajstić information content (AvgIpc) is 1.53. The maximum atomic E-state index is 10.7. The van der Waals surface area contributed by atoms with Gasteiger partial charge in [-0.25, -0.2) is 8.42 Å². The third-order valence-electron chi connectivity index (χ3n) is 1.29. The number of nitrogens with two attached hydrogens (primary N) is 1. The van der Waals surface area contributed by atoms with Crippen LogP contribution < -0.4 is 5.73 Å². The highest BCUT2D eigenvalue weighted by molar-refractivity contribution is 7.90. The monoisotopic (exact) mass is 179 g/mol. The van der Waals surface area contributed by atoms with Gasteiger partial charge in [-0.1, -0.05) is 13.8 Å². The number of hydrogen-bond donors (Lipinski definition) is 1. The van der Waals surface area contributed by atoms with Crippen molar-refractivity contribution >= 4 is 9.84 Å². The molecule has 0 aliphatic carbocycles. The van der Waals surface area contributed by atoms with E-state index < -0.39 is 9.84 Å². The van der Waals surface area contributed by atoms with Gasteiger partial charge in [-0.3, -0.25) is 0 Å². The molecular formula is C7H17NO2S. The lowest BCUT2D eigenvalue weighted by Crippen LogP contribution is -2.30. The summed E-state index contributed by atoms with van der Waals surface area (Å²) in [5.74, 6) is 0.567. The van der Waals surface area contributed by atoms with E-state index in [1.54, 1.807) is 0 Å². The van der Waals surface area contributed by atoms with E-state index in [9.17, 15) is 8.42 Å². The smallest absolute Gasteiger partial charge is 0.148 e. The average molecular weight is 179 g/mol. The molecule has 0 bridgehead atoms. The molecular weight excluding hydrogens is 162 g/mol. The highest BCUT2D eigenvalue weighted by Crippen LogP contribution is 2.03. The molecule has 0 fully saturated rings. The standard InChI is InChI=1S/C7H17NO2S/c1-6(2)4-7(8)5-11(3,9)10/h6-7H,4-5,8H2,1-3H3/t7-/m0/s1. The molecule has 0 radical (unpaired) electrons. The van der Waals surface area contributed by atoms with Crippen LogP contribution in [0, 0.1) is 5.92 Å². The van der Waals surface area contributed by atoms with Gasteiger partial charge in [0.2, 0.25) is 0 Å². The van der Waals surface area contributed by atoms with Crippen molar-refractivity contribution in [3.05, 3.63) is 0 Å². The summed E-state index contributed by atoms with van der Waals surface area (Å²) in [7, 11) is -2.89. The molecule has 3 nitrogen and oxygen atoms in total. The maximum absolute atomic E-state index is 10.7. The minimum Gasteiger partial charge on any atom is -0.327 e. The summed E-state index contributed by atoms with van der Waals surface area (Å²) < 4.78 is 21.5. The summed E-state index contributed by atoms with van der Waals surface area (Å²) in [6, 6.07) is -0.204. The number of rotatable bonds is 4. The number of sulfone groups is 1. The topological polar surface area (TPSA) is 60.2 Å². The third-order valence-corrected chi connectivity index (χ3v) is 2.32. The van der Waals surface area contributed by atoms with Gasteiger partial charge in [-0.15, -0.1) is 0 Å². The molecule has 11 heavy (non-hydrogen) atoms. The molecule has 2 N–H and O–H groups in total. The minimum atomic E-state index is -2.89. The van der Waals surface area contributed by atoms with Crippen LogP contribution in [-0.4, -0.2) is 26.5 Å². The predicted octanol–water partition coefficient (Wildman–Crippen LogP) is 0.404. The van der Waals surface area contributed by atoms with Crippen LogP contribution in [0.4, 0.5) is 0 Å². The lowest BCUT2D eigenvalue weighted by molar-refractivity contribution is 0.514. The molecule has 0 aromatic rings. The highest BCUT2D eigenvalue weighted by atomic mass is 32.2. The molecule has 0 saturated carbocycles. The largest absolute Gasteiger partial charge is 0.327 e. The molecule has 0 aromatic carbocycles. The van der Waals surface area contributed by atoms with Crippen molar-refractivity contribution in [3.8, 4) is 0 Å². The van der Waals surface area contributed by atoms with Gasteiger partial charge in [0.25, 0.3) is 0 Å². The molecule has 0 rings (SSSR count). The maximum Gasteiger partial charge on any atom is 0.148 e. The van der Waals surface area contributed by atoms with Gasteiger partial charge < -0.3 is 5.73 Å². The van der Waals surface area contributed by atoms with Crippen molar-refractivity contribution in [2.24, 2.45) is 11.7 Å². The zero-order chi connectivity index (χ0) is 9.07. The van der Waals surface area contributed by atoms with Gasteiger partial charge >= 0.3 is 0 Å². The second kappa shape index (κ2) is 4.07. The van der Waals surface area contributed by atoms with E-state index in [1.165, 1.54) is 6.26 Å². The van der Waals surface area contributed by atoms with E-state index in [0.29, 0.717) is 5.92 Å². The van der Waals surface area contributed by atoms with Gasteiger partial charge in [0.05, 0.1) is 5.75 Å². The molecule has 0 spiro atoms. The number of hydrogen-bond acceptors (Lipinski definition) is 3. The molecule has 1 atom stereocenters. The Balaban J connectivity index is 3.80. The van der Waals surface area contributed by atoms with Crippen molar-refractivity contribution in [2.45, 2.75) is 26.3 Å². The summed E-state index contributed by atoms with van der Waals surface area (Å²) >= 11 is 0. The SMILES string of the molecule is CC(C)C[C@H](N)CS(C)(=O)=O. The highest BCUT2D eigenvalue weighted by Gasteiger charge is 2.11. The van der Waals surface area contributed by atoms with Crippen molar-refractivity contribution in [1.29, 1.82) is 0 Å². The van der Waals surface area contributed by atoms with Crippen molar-refractivity contribution in [1.82, 2.24) is 0 Å². The lowest BCUT2D eigenvalue weighted by Gasteiger charge is -2.11. The molecule has 0 aliphatic heterocycles. The fourth-order valence-corrected chi connectivity index (χ4v) is 1.98. The zero-order valence-corrected chi connectivity index (χ0v) is 8.19. The molecule has 0 heterocycles. The van der Waals surface area contributed by atoms with Crippen molar-refractivity contribution in [3.63, 3.8) is 0 Å². The molecule has 4 heteroatoms. The Morgan fingerprint density at radius 3 is 2.09 bits per heavy atom. The summed E-state index contributed by atoms with van der Waals surface area (Å²) in [4.78, 5) is 0. The van der Waals surface area contributed by atoms with Crippen molar-refractivity contribution in [2.75, 3.05) is 12.0 Å². The van der Waals surface area contributed by atoms with Crippen LogP contribution in [0.2, 0.25) is 0 Å². The first-order chi connectivity index (χ1) is 4.81. The summed E-state index contributed by atoms with van der Waals surface area (Å²) in [5, 5.41) is 0. The first kappa shape index (κ1) is 10.9. The Morgan fingerprint density at radius 1 is 1.36 bits per heavy atom. The van der Waals surface area contributed by atoms with Crippen LogP contribution >= 0.6 is 0 Å². The Labute approximate surface area is 68.9 Å². The molecule has 0 unspecified atom stereocenters. The van der Waals surface area contributed by atoms with Gasteiger partial charge in [0.15, 0.2) is 0 Å². The molecule has 0 amide bonds. The second-order valence-corrected chi connectivity index (χ2v) is 5.67. The first-order valence-corrected chi connectivity index (χ1v) is 5.80. The summed E-state index contributed by atoms with van der Waals surface area (Å²) in [6.45, 7) is 4.06. The Hall–Kier alpha value is -0.0900. The van der Waals surface area contributed by atoms with Gasteiger partial charge in [0.1, 0.15) is 9.84 Å². The van der Waals surface area contributed by atoms with Crippen LogP contribution in [0.15, 0.2) is 0 Å². The molecule has 68 valence electrons. The van der Waals surface area contributed by atoms with Gasteiger partial charge in [0, 0.05) is 12.3 Å². The van der Waals surface area contributed by atoms with Crippen LogP contribution in [0.25, 0.3) is 0 Å². The Bertz CT molecular complexity index is 196. The lowest BCUT2D eigenvalue weighted by atomic mass is 10.1. The third kappa shape index (κ3) is 7.81. The first-order valence-electron chi connectivity index (χ1n) is 3.74. The molecule has 0 aliphatic rings. The minimum absolute atomic E-state index is 0.102. The zero-order valence-electron chi connectivity index (χ0n) is 7.37. The van der Waals surface area contributed by atoms with Crippen LogP contribution in [-0.2, 0) is 9.84 Å². The second-order valence-electron chi connectivity index (χ2n) is 3.48. The fourth-order valence-electron chi connectivity index (χ4n) is 1.06. The van der Waals surface area contributed by atoms with E-state index in [-0.39, 0.29) is 11.8 Å². The molecule has 0 aromatic heterocycles. The van der Waals surface area contributed by atoms with E-state index in [0.717, 1.165) is 6.42 Å². The normalized spacial score (nSPS) is 15.4. The Kier molecular flexibility index (Phi) is 4.03. The van der Waals surface area contributed by atoms with E-state index in [2.05, 4.69) is 0 Å². The summed E-state index contributed by atoms with van der Waals surface area (Å²) in [6.07, 6.45) is 1.99. The summed E-state index contributed by atoms with van der Waals surface area (Å²) in [5.41, 5.74) is 5.58. The molecule has 0 saturated heterocycles. The van der Waals surface area contributed by atoms with Gasteiger partial charge in [-0.2, -0.15) is 0 Å². The van der Waals surface area contributed by atoms with Crippen LogP contribution in [0.1, 0.15) is 20.3 Å². The van der Waals surface area contributed by atoms with E-state index >= 15 is 0 Å². The van der Waals surface area contributed by atoms with E-state index in [1.807, 2.05) is 13.8 Å². The van der Waals surface area contributed by atoms with Gasteiger partial charge in [-0.05, 0) is 12.3 Å². The Morgan fingerprint density at radius 2 is 1.82 bits per heavy atom. The van der Waals surface area contributed by atoms with Crippen LogP contribution in [0.3, 0.4) is 0 Å².